The molecule has 8 saturated carbocycles. The highest BCUT2D eigenvalue weighted by Crippen LogP contribution is 2.59. The van der Waals surface area contributed by atoms with Gasteiger partial charge in [-0.1, -0.05) is 32.9 Å². The first-order chi connectivity index (χ1) is 20.2. The van der Waals surface area contributed by atoms with Crippen LogP contribution in [0.25, 0.3) is 0 Å². The van der Waals surface area contributed by atoms with E-state index in [1.165, 1.54) is 93.7 Å². The molecule has 0 aliphatic heterocycles. The average Bonchev–Trinajstić information content (AvgIpc) is 3.57. The predicted octanol–water partition coefficient (Wildman–Crippen LogP) is 7.11. The third-order valence-electron chi connectivity index (χ3n) is 13.1. The first-order valence-corrected chi connectivity index (χ1v) is 17.5. The molecule has 0 spiro atoms. The highest BCUT2D eigenvalue weighted by Gasteiger charge is 2.55. The van der Waals surface area contributed by atoms with Crippen molar-refractivity contribution in [3.63, 3.8) is 0 Å². The topological polar surface area (TPSA) is 17.6 Å². The molecular weight excluding hydrogens is 512 g/mol. The molecule has 8 aliphatic rings. The monoisotopic (exact) mass is 564 g/mol. The summed E-state index contributed by atoms with van der Waals surface area (Å²) >= 11 is 0. The van der Waals surface area contributed by atoms with E-state index in [4.69, 9.17) is 0 Å². The maximum atomic E-state index is 2.65. The smallest absolute Gasteiger partial charge is 0.233 e. The van der Waals surface area contributed by atoms with Gasteiger partial charge in [-0.25, -0.2) is 18.3 Å². The Morgan fingerprint density at radius 3 is 1.29 bits per heavy atom. The molecule has 8 aliphatic carbocycles. The SMILES string of the molecule is CC(C)(C)c1cc(C[n+]2ccn(C34CC5CC(CC(C5)C3)C4)c2)cc(C[n+]2ccn(C34CC5CC(CC(C5)C3)C4)c2)c1. The van der Waals surface area contributed by atoms with Gasteiger partial charge in [0.1, 0.15) is 49.0 Å². The molecular formula is C38H52N4+2. The zero-order valence-electron chi connectivity index (χ0n) is 26.3. The molecule has 0 amide bonds. The van der Waals surface area contributed by atoms with Crippen LogP contribution in [0.1, 0.15) is 115 Å². The summed E-state index contributed by atoms with van der Waals surface area (Å²) in [5, 5.41) is 0. The lowest BCUT2D eigenvalue weighted by atomic mass is 9.53. The number of imidazole rings is 2. The minimum atomic E-state index is 0.135. The fourth-order valence-corrected chi connectivity index (χ4v) is 12.1. The molecule has 4 heteroatoms. The Bertz CT molecular complexity index is 1320. The zero-order valence-corrected chi connectivity index (χ0v) is 26.3. The van der Waals surface area contributed by atoms with Crippen LogP contribution in [0.5, 0.6) is 0 Å². The number of nitrogens with zero attached hydrogens (tertiary/aromatic N) is 4. The van der Waals surface area contributed by atoms with Crippen LogP contribution in [0.3, 0.4) is 0 Å². The molecule has 1 aromatic carbocycles. The van der Waals surface area contributed by atoms with Crippen molar-refractivity contribution < 1.29 is 9.13 Å². The number of rotatable bonds is 6. The van der Waals surface area contributed by atoms with Gasteiger partial charge in [-0.2, -0.15) is 0 Å². The van der Waals surface area contributed by atoms with Crippen LogP contribution in [-0.2, 0) is 29.6 Å². The van der Waals surface area contributed by atoms with Crippen molar-refractivity contribution in [1.82, 2.24) is 9.13 Å². The first-order valence-electron chi connectivity index (χ1n) is 17.5. The molecule has 2 aromatic heterocycles. The Hall–Kier alpha value is -2.36. The van der Waals surface area contributed by atoms with Crippen LogP contribution >= 0.6 is 0 Å². The van der Waals surface area contributed by atoms with Crippen LogP contribution in [-0.4, -0.2) is 9.13 Å². The van der Waals surface area contributed by atoms with Crippen LogP contribution in [0.15, 0.2) is 55.6 Å². The van der Waals surface area contributed by atoms with Gasteiger partial charge in [0.05, 0.1) is 0 Å². The van der Waals surface area contributed by atoms with Gasteiger partial charge in [0.15, 0.2) is 0 Å². The van der Waals surface area contributed by atoms with E-state index in [1.807, 2.05) is 0 Å². The normalized spacial score (nSPS) is 38.1. The van der Waals surface area contributed by atoms with Gasteiger partial charge in [0.2, 0.25) is 12.7 Å². The fourth-order valence-electron chi connectivity index (χ4n) is 12.1. The minimum Gasteiger partial charge on any atom is -0.233 e. The highest BCUT2D eigenvalue weighted by molar-refractivity contribution is 5.33. The molecule has 42 heavy (non-hydrogen) atoms. The van der Waals surface area contributed by atoms with E-state index in [0.29, 0.717) is 11.1 Å². The van der Waals surface area contributed by atoms with Crippen molar-refractivity contribution in [3.8, 4) is 0 Å². The largest absolute Gasteiger partial charge is 0.244 e. The van der Waals surface area contributed by atoms with Crippen molar-refractivity contribution in [3.05, 3.63) is 72.3 Å². The summed E-state index contributed by atoms with van der Waals surface area (Å²) in [7, 11) is 0. The Morgan fingerprint density at radius 1 is 0.595 bits per heavy atom. The van der Waals surface area contributed by atoms with Crippen molar-refractivity contribution >= 4 is 0 Å². The van der Waals surface area contributed by atoms with Gasteiger partial charge < -0.3 is 0 Å². The van der Waals surface area contributed by atoms with Gasteiger partial charge in [0.25, 0.3) is 0 Å². The zero-order chi connectivity index (χ0) is 28.3. The summed E-state index contributed by atoms with van der Waals surface area (Å²) in [6, 6.07) is 7.44. The third-order valence-corrected chi connectivity index (χ3v) is 13.1. The van der Waals surface area contributed by atoms with Gasteiger partial charge in [0, 0.05) is 0 Å². The third kappa shape index (κ3) is 4.36. The standard InChI is InChI=1S/C38H52N4/c1-36(2,3)35-15-33(23-39-4-6-41(25-39)37-17-27-8-28(18-37)10-29(9-27)19-37)14-34(16-35)24-40-5-7-42(26-40)38-20-30-11-31(21-38)13-32(12-30)22-38/h4-7,14-16,25-32H,8-13,17-24H2,1-3H3/q+2. The lowest BCUT2D eigenvalue weighted by molar-refractivity contribution is -0.689. The number of hydrogen-bond acceptors (Lipinski definition) is 0. The lowest BCUT2D eigenvalue weighted by Crippen LogP contribution is -2.52. The average molecular weight is 565 g/mol. The Morgan fingerprint density at radius 2 is 0.952 bits per heavy atom. The second kappa shape index (κ2) is 9.08. The van der Waals surface area contributed by atoms with E-state index in [9.17, 15) is 0 Å². The van der Waals surface area contributed by atoms with E-state index in [0.717, 1.165) is 48.6 Å². The summed E-state index contributed by atoms with van der Waals surface area (Å²) in [6.07, 6.45) is 32.0. The summed E-state index contributed by atoms with van der Waals surface area (Å²) in [4.78, 5) is 0. The van der Waals surface area contributed by atoms with Gasteiger partial charge in [-0.05, 0) is 141 Å². The van der Waals surface area contributed by atoms with E-state index < -0.39 is 0 Å². The molecule has 0 radical (unpaired) electrons. The van der Waals surface area contributed by atoms with Crippen molar-refractivity contribution in [2.24, 2.45) is 35.5 Å². The predicted molar refractivity (Wildman–Crippen MR) is 165 cm³/mol. The second-order valence-electron chi connectivity index (χ2n) is 17.6. The molecule has 8 bridgehead atoms. The van der Waals surface area contributed by atoms with Gasteiger partial charge >= 0.3 is 0 Å². The van der Waals surface area contributed by atoms with Crippen LogP contribution in [0.4, 0.5) is 0 Å². The van der Waals surface area contributed by atoms with Crippen LogP contribution in [0, 0.1) is 35.5 Å². The van der Waals surface area contributed by atoms with E-state index in [-0.39, 0.29) is 5.41 Å². The summed E-state index contributed by atoms with van der Waals surface area (Å²) in [5.41, 5.74) is 5.27. The molecule has 0 saturated heterocycles. The maximum absolute atomic E-state index is 2.65. The molecule has 0 unspecified atom stereocenters. The molecule has 3 aromatic rings. The van der Waals surface area contributed by atoms with Gasteiger partial charge in [-0.15, -0.1) is 0 Å². The molecule has 222 valence electrons. The Labute approximate surface area is 253 Å². The highest BCUT2D eigenvalue weighted by atomic mass is 15.2. The quantitative estimate of drug-likeness (QED) is 0.284. The maximum Gasteiger partial charge on any atom is 0.244 e. The molecule has 0 N–H and O–H groups in total. The summed E-state index contributed by atoms with van der Waals surface area (Å²) in [6.45, 7) is 9.00. The van der Waals surface area contributed by atoms with Crippen molar-refractivity contribution in [2.45, 2.75) is 127 Å². The lowest BCUT2D eigenvalue weighted by Gasteiger charge is -2.54. The molecule has 11 rings (SSSR count). The fraction of sp³-hybridized carbons (Fsp3) is 0.684. The Balaban J connectivity index is 0.968. The molecule has 2 heterocycles. The minimum absolute atomic E-state index is 0.135. The van der Waals surface area contributed by atoms with E-state index in [1.54, 1.807) is 0 Å². The molecule has 8 fully saturated rings. The Kier molecular flexibility index (Phi) is 5.64. The van der Waals surface area contributed by atoms with Gasteiger partial charge in [-0.3, -0.25) is 0 Å². The first kappa shape index (κ1) is 26.1. The van der Waals surface area contributed by atoms with E-state index in [2.05, 4.69) is 94.7 Å². The number of benzene rings is 1. The molecule has 4 nitrogen and oxygen atoms in total. The van der Waals surface area contributed by atoms with Crippen molar-refractivity contribution in [2.75, 3.05) is 0 Å². The number of aromatic nitrogens is 4. The van der Waals surface area contributed by atoms with Crippen LogP contribution in [0.2, 0.25) is 0 Å². The summed E-state index contributed by atoms with van der Waals surface area (Å²) in [5.74, 6) is 5.88. The molecule has 0 atom stereocenters. The summed E-state index contributed by atoms with van der Waals surface area (Å²) < 4.78 is 10.2. The van der Waals surface area contributed by atoms with E-state index >= 15 is 0 Å². The van der Waals surface area contributed by atoms with Crippen LogP contribution < -0.4 is 9.13 Å². The second-order valence-corrected chi connectivity index (χ2v) is 17.6. The number of hydrogen-bond donors (Lipinski definition) is 0. The van der Waals surface area contributed by atoms with Crippen molar-refractivity contribution in [1.29, 1.82) is 0 Å².